The largest absolute Gasteiger partial charge is 0.341 e. The van der Waals surface area contributed by atoms with E-state index in [-0.39, 0.29) is 27.9 Å². The number of carbonyl (C=O) groups is 1. The Morgan fingerprint density at radius 1 is 1.36 bits per heavy atom. The van der Waals surface area contributed by atoms with Crippen molar-refractivity contribution in [3.63, 3.8) is 0 Å². The van der Waals surface area contributed by atoms with Gasteiger partial charge in [-0.05, 0) is 12.1 Å². The van der Waals surface area contributed by atoms with Crippen molar-refractivity contribution in [3.05, 3.63) is 35.4 Å². The molecule has 3 N–H and O–H groups in total. The van der Waals surface area contributed by atoms with E-state index < -0.39 is 11.8 Å². The highest BCUT2D eigenvalue weighted by atomic mass is 35.5. The van der Waals surface area contributed by atoms with Gasteiger partial charge in [-0.15, -0.1) is 0 Å². The molecule has 0 spiro atoms. The van der Waals surface area contributed by atoms with Crippen LogP contribution in [0.3, 0.4) is 0 Å². The highest BCUT2D eigenvalue weighted by Crippen LogP contribution is 2.30. The van der Waals surface area contributed by atoms with Crippen molar-refractivity contribution >= 4 is 34.6 Å². The first-order valence-electron chi connectivity index (χ1n) is 6.24. The van der Waals surface area contributed by atoms with E-state index in [0.717, 1.165) is 0 Å². The summed E-state index contributed by atoms with van der Waals surface area (Å²) in [5.41, 5.74) is 0.796. The van der Waals surface area contributed by atoms with Crippen LogP contribution in [0.5, 0.6) is 0 Å². The highest BCUT2D eigenvalue weighted by molar-refractivity contribution is 6.33. The molecule has 7 nitrogen and oxygen atoms in total. The monoisotopic (exact) mass is 320 g/mol. The Labute approximate surface area is 128 Å². The number of nitrogens with zero attached hydrogens (tertiary/aromatic N) is 3. The molecule has 2 amide bonds. The number of aromatic amines is 1. The molecule has 9 heteroatoms. The molecule has 2 heterocycles. The zero-order chi connectivity index (χ0) is 15.7. The van der Waals surface area contributed by atoms with Crippen molar-refractivity contribution in [2.45, 2.75) is 0 Å². The second-order valence-corrected chi connectivity index (χ2v) is 4.71. The van der Waals surface area contributed by atoms with Gasteiger partial charge in [-0.2, -0.15) is 0 Å². The Balaban J connectivity index is 2.14. The van der Waals surface area contributed by atoms with E-state index in [2.05, 4.69) is 30.6 Å². The quantitative estimate of drug-likeness (QED) is 0.676. The minimum Gasteiger partial charge on any atom is -0.341 e. The highest BCUT2D eigenvalue weighted by Gasteiger charge is 2.17. The summed E-state index contributed by atoms with van der Waals surface area (Å²) in [4.78, 5) is 26.5. The second-order valence-electron chi connectivity index (χ2n) is 4.31. The molecule has 112 valence electrons. The molecule has 0 aliphatic heterocycles. The second kappa shape index (κ2) is 5.57. The molecule has 0 saturated heterocycles. The fourth-order valence-corrected chi connectivity index (χ4v) is 2.19. The van der Waals surface area contributed by atoms with Crippen LogP contribution < -0.4 is 10.6 Å². The molecule has 3 rings (SSSR count). The van der Waals surface area contributed by atoms with E-state index in [1.54, 1.807) is 6.07 Å². The molecule has 22 heavy (non-hydrogen) atoms. The van der Waals surface area contributed by atoms with Crippen LogP contribution in [0.25, 0.3) is 22.6 Å². The van der Waals surface area contributed by atoms with Crippen molar-refractivity contribution in [1.29, 1.82) is 0 Å². The van der Waals surface area contributed by atoms with E-state index in [9.17, 15) is 9.18 Å². The molecule has 1 aromatic carbocycles. The van der Waals surface area contributed by atoms with Crippen LogP contribution >= 0.6 is 11.6 Å². The maximum Gasteiger partial charge on any atom is 0.320 e. The molecule has 0 fully saturated rings. The predicted octanol–water partition coefficient (Wildman–Crippen LogP) is 2.56. The van der Waals surface area contributed by atoms with Crippen molar-refractivity contribution < 1.29 is 9.18 Å². The Hall–Kier alpha value is -2.74. The van der Waals surface area contributed by atoms with Gasteiger partial charge in [-0.25, -0.2) is 24.1 Å². The summed E-state index contributed by atoms with van der Waals surface area (Å²) in [7, 11) is 1.48. The van der Waals surface area contributed by atoms with Gasteiger partial charge in [-0.3, -0.25) is 5.32 Å². The Morgan fingerprint density at radius 2 is 2.18 bits per heavy atom. The van der Waals surface area contributed by atoms with Gasteiger partial charge < -0.3 is 10.3 Å². The number of urea groups is 1. The standard InChI is InChI=1S/C13H10ClFN6O/c1-16-13(22)21-12-9-11(17-5-18-12)20-10(19-9)8-6(14)3-2-4-7(8)15/h2-5H,1H3,(H3,16,17,18,19,20,21,22). The van der Waals surface area contributed by atoms with Gasteiger partial charge in [0.05, 0.1) is 10.6 Å². The van der Waals surface area contributed by atoms with E-state index >= 15 is 0 Å². The normalized spacial score (nSPS) is 10.7. The lowest BCUT2D eigenvalue weighted by atomic mass is 10.2. The Kier molecular flexibility index (Phi) is 3.60. The Bertz CT molecular complexity index is 845. The maximum absolute atomic E-state index is 14.0. The summed E-state index contributed by atoms with van der Waals surface area (Å²) in [6, 6.07) is 3.90. The van der Waals surface area contributed by atoms with Gasteiger partial charge in [0, 0.05) is 7.05 Å². The molecule has 0 unspecified atom stereocenters. The van der Waals surface area contributed by atoms with Crippen LogP contribution in [0.1, 0.15) is 0 Å². The molecule has 0 aliphatic carbocycles. The summed E-state index contributed by atoms with van der Waals surface area (Å²) in [6.07, 6.45) is 1.25. The number of nitrogens with one attached hydrogen (secondary N) is 3. The molecule has 0 atom stereocenters. The van der Waals surface area contributed by atoms with E-state index in [1.165, 1.54) is 25.5 Å². The minimum absolute atomic E-state index is 0.132. The van der Waals surface area contributed by atoms with Gasteiger partial charge in [0.25, 0.3) is 0 Å². The van der Waals surface area contributed by atoms with Crippen LogP contribution in [0.2, 0.25) is 5.02 Å². The minimum atomic E-state index is -0.514. The van der Waals surface area contributed by atoms with E-state index in [0.29, 0.717) is 5.52 Å². The molecular weight excluding hydrogens is 311 g/mol. The lowest BCUT2D eigenvalue weighted by Crippen LogP contribution is -2.25. The first-order valence-corrected chi connectivity index (χ1v) is 6.61. The maximum atomic E-state index is 14.0. The third-order valence-corrected chi connectivity index (χ3v) is 3.26. The molecule has 0 saturated carbocycles. The number of halogens is 2. The van der Waals surface area contributed by atoms with Gasteiger partial charge in [0.2, 0.25) is 0 Å². The lowest BCUT2D eigenvalue weighted by Gasteiger charge is -2.03. The molecule has 0 radical (unpaired) electrons. The molecule has 3 aromatic rings. The number of aromatic nitrogens is 4. The van der Waals surface area contributed by atoms with Crippen molar-refractivity contribution in [2.24, 2.45) is 0 Å². The fraction of sp³-hybridized carbons (Fsp3) is 0.0769. The molecule has 2 aromatic heterocycles. The Morgan fingerprint density at radius 3 is 2.91 bits per heavy atom. The predicted molar refractivity (Wildman–Crippen MR) is 80.2 cm³/mol. The van der Waals surface area contributed by atoms with Crippen LogP contribution in [-0.4, -0.2) is 33.0 Å². The van der Waals surface area contributed by atoms with Gasteiger partial charge in [-0.1, -0.05) is 17.7 Å². The van der Waals surface area contributed by atoms with Gasteiger partial charge in [0.15, 0.2) is 11.5 Å². The van der Waals surface area contributed by atoms with E-state index in [4.69, 9.17) is 11.6 Å². The SMILES string of the molecule is CNC(=O)Nc1ncnc2nc(-c3c(F)cccc3Cl)[nH]c12. The number of hydrogen-bond donors (Lipinski definition) is 3. The first kappa shape index (κ1) is 14.2. The smallest absolute Gasteiger partial charge is 0.320 e. The fourth-order valence-electron chi connectivity index (χ4n) is 1.94. The van der Waals surface area contributed by atoms with Gasteiger partial charge >= 0.3 is 6.03 Å². The number of hydrogen-bond acceptors (Lipinski definition) is 4. The van der Waals surface area contributed by atoms with Crippen LogP contribution in [-0.2, 0) is 0 Å². The van der Waals surface area contributed by atoms with Crippen molar-refractivity contribution in [1.82, 2.24) is 25.3 Å². The zero-order valence-corrected chi connectivity index (χ0v) is 12.1. The van der Waals surface area contributed by atoms with Crippen LogP contribution in [0.15, 0.2) is 24.5 Å². The topological polar surface area (TPSA) is 95.6 Å². The summed E-state index contributed by atoms with van der Waals surface area (Å²) in [6.45, 7) is 0. The number of imidazole rings is 1. The lowest BCUT2D eigenvalue weighted by molar-refractivity contribution is 0.254. The number of H-pyrrole nitrogens is 1. The third kappa shape index (κ3) is 2.44. The number of rotatable bonds is 2. The summed E-state index contributed by atoms with van der Waals surface area (Å²) >= 11 is 6.02. The summed E-state index contributed by atoms with van der Waals surface area (Å²) in [5, 5.41) is 5.15. The number of carbonyl (C=O) groups excluding carboxylic acids is 1. The van der Waals surface area contributed by atoms with E-state index in [1.807, 2.05) is 0 Å². The molecule has 0 aliphatic rings. The summed E-state index contributed by atoms with van der Waals surface area (Å²) < 4.78 is 14.0. The number of amides is 2. The number of anilines is 1. The molecular formula is C13H10ClFN6O. The van der Waals surface area contributed by atoms with Gasteiger partial charge in [0.1, 0.15) is 23.5 Å². The van der Waals surface area contributed by atoms with Crippen molar-refractivity contribution in [3.8, 4) is 11.4 Å². The zero-order valence-electron chi connectivity index (χ0n) is 11.3. The average molecular weight is 321 g/mol. The third-order valence-electron chi connectivity index (χ3n) is 2.95. The summed E-state index contributed by atoms with van der Waals surface area (Å²) in [5.74, 6) is -0.0746. The number of fused-ring (bicyclic) bond motifs is 1. The van der Waals surface area contributed by atoms with Crippen molar-refractivity contribution in [2.75, 3.05) is 12.4 Å². The van der Waals surface area contributed by atoms with Crippen LogP contribution in [0.4, 0.5) is 15.0 Å². The molecule has 0 bridgehead atoms. The number of benzene rings is 1. The van der Waals surface area contributed by atoms with Crippen LogP contribution in [0, 0.1) is 5.82 Å². The first-order chi connectivity index (χ1) is 10.6. The average Bonchev–Trinajstić information content (AvgIpc) is 2.91.